The number of hydrogen-bond acceptors (Lipinski definition) is 2. The Morgan fingerprint density at radius 2 is 1.84 bits per heavy atom. The third-order valence-electron chi connectivity index (χ3n) is 2.29. The van der Waals surface area contributed by atoms with Crippen molar-refractivity contribution in [3.63, 3.8) is 0 Å². The predicted molar refractivity (Wildman–Crippen MR) is 55.1 cm³/mol. The lowest BCUT2D eigenvalue weighted by molar-refractivity contribution is -0.166. The molecule has 0 aliphatic carbocycles. The lowest BCUT2D eigenvalue weighted by atomic mass is 10.1. The van der Waals surface area contributed by atoms with Gasteiger partial charge in [-0.15, -0.1) is 0 Å². The minimum atomic E-state index is -4.31. The monoisotopic (exact) mass is 287 g/mol. The van der Waals surface area contributed by atoms with Crippen molar-refractivity contribution in [2.45, 2.75) is 18.4 Å². The summed E-state index contributed by atoms with van der Waals surface area (Å²) >= 11 is 0. The third-order valence-corrected chi connectivity index (χ3v) is 2.29. The van der Waals surface area contributed by atoms with Gasteiger partial charge in [0.25, 0.3) is 0 Å². The third kappa shape index (κ3) is 4.10. The van der Waals surface area contributed by atoms with Crippen LogP contribution in [0.2, 0.25) is 0 Å². The Bertz CT molecular complexity index is 426. The van der Waals surface area contributed by atoms with Crippen molar-refractivity contribution in [1.82, 2.24) is 0 Å². The fourth-order valence-electron chi connectivity index (χ4n) is 1.28. The minimum Gasteiger partial charge on any atom is -0.373 e. The molecular weight excluding hydrogens is 276 g/mol. The van der Waals surface area contributed by atoms with E-state index in [1.807, 2.05) is 0 Å². The summed E-state index contributed by atoms with van der Waals surface area (Å²) < 4.78 is 79.1. The summed E-state index contributed by atoms with van der Waals surface area (Å²) in [5.74, 6) is -6.68. The fourth-order valence-corrected chi connectivity index (χ4v) is 1.28. The molecule has 1 rings (SSSR count). The second kappa shape index (κ2) is 6.25. The molecule has 0 radical (unpaired) electrons. The quantitative estimate of drug-likeness (QED) is 0.817. The highest BCUT2D eigenvalue weighted by Crippen LogP contribution is 2.24. The number of hydrogen-bond donors (Lipinski definition) is 1. The Morgan fingerprint density at radius 3 is 2.42 bits per heavy atom. The van der Waals surface area contributed by atoms with E-state index in [4.69, 9.17) is 5.73 Å². The molecular formula is C11H11F6NO. The molecule has 0 bridgehead atoms. The summed E-state index contributed by atoms with van der Waals surface area (Å²) in [7, 11) is 0. The molecule has 0 saturated heterocycles. The van der Waals surface area contributed by atoms with Crippen molar-refractivity contribution in [3.05, 3.63) is 35.4 Å². The van der Waals surface area contributed by atoms with Crippen molar-refractivity contribution in [3.8, 4) is 0 Å². The van der Waals surface area contributed by atoms with Gasteiger partial charge in [0.05, 0.1) is 12.6 Å². The largest absolute Gasteiger partial charge is 0.373 e. The number of alkyl halides is 4. The number of rotatable bonds is 6. The molecule has 0 amide bonds. The zero-order chi connectivity index (χ0) is 14.6. The summed E-state index contributed by atoms with van der Waals surface area (Å²) in [5.41, 5.74) is 5.13. The molecule has 1 aromatic rings. The first-order valence-electron chi connectivity index (χ1n) is 5.19. The molecule has 19 heavy (non-hydrogen) atoms. The van der Waals surface area contributed by atoms with Crippen molar-refractivity contribution in [2.75, 3.05) is 13.2 Å². The molecule has 8 heteroatoms. The highest BCUT2D eigenvalue weighted by molar-refractivity contribution is 5.22. The van der Waals surface area contributed by atoms with Crippen molar-refractivity contribution in [2.24, 2.45) is 5.73 Å². The number of halogens is 6. The van der Waals surface area contributed by atoms with Crippen LogP contribution in [-0.2, 0) is 4.74 Å². The minimum absolute atomic E-state index is 0.277. The van der Waals surface area contributed by atoms with E-state index >= 15 is 0 Å². The van der Waals surface area contributed by atoms with Crippen molar-refractivity contribution >= 4 is 0 Å². The Hall–Kier alpha value is -1.28. The van der Waals surface area contributed by atoms with E-state index < -0.39 is 43.2 Å². The Kier molecular flexibility index (Phi) is 5.19. The molecule has 0 heterocycles. The van der Waals surface area contributed by atoms with Gasteiger partial charge in [-0.3, -0.25) is 0 Å². The smallest absolute Gasteiger partial charge is 0.330 e. The van der Waals surface area contributed by atoms with Gasteiger partial charge in [0.1, 0.15) is 6.61 Å². The average Bonchev–Trinajstić information content (AvgIpc) is 2.32. The molecule has 1 aromatic carbocycles. The maximum absolute atomic E-state index is 13.3. The molecule has 1 unspecified atom stereocenters. The molecule has 0 aliphatic rings. The van der Waals surface area contributed by atoms with Crippen molar-refractivity contribution in [1.29, 1.82) is 0 Å². The molecule has 2 nitrogen and oxygen atoms in total. The second-order valence-electron chi connectivity index (χ2n) is 3.83. The van der Waals surface area contributed by atoms with Gasteiger partial charge in [-0.05, 0) is 6.07 Å². The second-order valence-corrected chi connectivity index (χ2v) is 3.83. The van der Waals surface area contributed by atoms with Crippen LogP contribution in [0.15, 0.2) is 18.2 Å². The van der Waals surface area contributed by atoms with Gasteiger partial charge in [-0.1, -0.05) is 12.1 Å². The van der Waals surface area contributed by atoms with Gasteiger partial charge in [0.15, 0.2) is 11.6 Å². The van der Waals surface area contributed by atoms with Crippen LogP contribution in [0.4, 0.5) is 26.3 Å². The molecule has 0 aliphatic heterocycles. The summed E-state index contributed by atoms with van der Waals surface area (Å²) in [6, 6.07) is 1.96. The van der Waals surface area contributed by atoms with E-state index in [9.17, 15) is 26.3 Å². The van der Waals surface area contributed by atoms with Crippen LogP contribution >= 0.6 is 0 Å². The van der Waals surface area contributed by atoms with E-state index in [0.717, 1.165) is 12.1 Å². The maximum atomic E-state index is 13.3. The first-order valence-corrected chi connectivity index (χ1v) is 5.19. The van der Waals surface area contributed by atoms with E-state index in [1.165, 1.54) is 6.07 Å². The average molecular weight is 287 g/mol. The van der Waals surface area contributed by atoms with Gasteiger partial charge < -0.3 is 10.5 Å². The summed E-state index contributed by atoms with van der Waals surface area (Å²) in [4.78, 5) is 0. The van der Waals surface area contributed by atoms with Crippen molar-refractivity contribution < 1.29 is 31.1 Å². The highest BCUT2D eigenvalue weighted by Gasteiger charge is 2.41. The molecule has 0 spiro atoms. The Balaban J connectivity index is 2.57. The zero-order valence-electron chi connectivity index (χ0n) is 9.55. The molecule has 0 saturated carbocycles. The summed E-state index contributed by atoms with van der Waals surface area (Å²) in [6.07, 6.45) is -3.87. The zero-order valence-corrected chi connectivity index (χ0v) is 9.55. The van der Waals surface area contributed by atoms with Crippen LogP contribution < -0.4 is 5.73 Å². The van der Waals surface area contributed by atoms with E-state index in [-0.39, 0.29) is 5.56 Å². The lowest BCUT2D eigenvalue weighted by Crippen LogP contribution is -2.33. The molecule has 2 N–H and O–H groups in total. The van der Waals surface area contributed by atoms with Gasteiger partial charge in [-0.2, -0.15) is 8.78 Å². The lowest BCUT2D eigenvalue weighted by Gasteiger charge is -2.18. The predicted octanol–water partition coefficient (Wildman–Crippen LogP) is 2.88. The van der Waals surface area contributed by atoms with Gasteiger partial charge in [0, 0.05) is 5.56 Å². The summed E-state index contributed by atoms with van der Waals surface area (Å²) in [5, 5.41) is 0. The number of ether oxygens (including phenoxy) is 1. The van der Waals surface area contributed by atoms with E-state index in [0.29, 0.717) is 0 Å². The van der Waals surface area contributed by atoms with Crippen LogP contribution in [0.1, 0.15) is 11.6 Å². The Labute approximate surface area is 105 Å². The molecule has 0 aromatic heterocycles. The fraction of sp³-hybridized carbons (Fsp3) is 0.455. The van der Waals surface area contributed by atoms with Gasteiger partial charge in [0.2, 0.25) is 0 Å². The number of nitrogens with two attached hydrogens (primary N) is 1. The van der Waals surface area contributed by atoms with Gasteiger partial charge >= 0.3 is 12.3 Å². The van der Waals surface area contributed by atoms with Gasteiger partial charge in [-0.25, -0.2) is 17.6 Å². The van der Waals surface area contributed by atoms with E-state index in [2.05, 4.69) is 4.74 Å². The highest BCUT2D eigenvalue weighted by atomic mass is 19.3. The standard InChI is InChI=1S/C11H11F6NO/c12-7-3-1-2-6(9(7)13)8(18)4-19-5-11(16,17)10(14)15/h1-3,8,10H,4-5,18H2. The van der Waals surface area contributed by atoms with Crippen LogP contribution in [0.5, 0.6) is 0 Å². The number of benzene rings is 1. The first-order chi connectivity index (χ1) is 8.75. The molecule has 0 fully saturated rings. The topological polar surface area (TPSA) is 35.2 Å². The van der Waals surface area contributed by atoms with Crippen LogP contribution in [-0.4, -0.2) is 25.6 Å². The molecule has 108 valence electrons. The SMILES string of the molecule is NC(COCC(F)(F)C(F)F)c1cccc(F)c1F. The molecule has 1 atom stereocenters. The van der Waals surface area contributed by atoms with Crippen LogP contribution in [0, 0.1) is 11.6 Å². The van der Waals surface area contributed by atoms with Crippen LogP contribution in [0.25, 0.3) is 0 Å². The maximum Gasteiger partial charge on any atom is 0.330 e. The van der Waals surface area contributed by atoms with E-state index in [1.54, 1.807) is 0 Å². The normalized spacial score (nSPS) is 13.9. The first kappa shape index (κ1) is 15.8. The summed E-state index contributed by atoms with van der Waals surface area (Å²) in [6.45, 7) is -2.18. The Morgan fingerprint density at radius 1 is 1.21 bits per heavy atom. The van der Waals surface area contributed by atoms with Crippen LogP contribution in [0.3, 0.4) is 0 Å².